The zero-order chi connectivity index (χ0) is 21.1. The van der Waals surface area contributed by atoms with Gasteiger partial charge in [0.25, 0.3) is 11.6 Å². The molecular formula is C20H20ClN5O3S. The molecule has 0 spiro atoms. The predicted molar refractivity (Wildman–Crippen MR) is 119 cm³/mol. The van der Waals surface area contributed by atoms with Crippen LogP contribution in [0.4, 0.5) is 10.8 Å². The van der Waals surface area contributed by atoms with E-state index in [0.29, 0.717) is 17.1 Å². The van der Waals surface area contributed by atoms with E-state index in [9.17, 15) is 14.9 Å². The topological polar surface area (TPSA) is 91.6 Å². The van der Waals surface area contributed by atoms with Crippen LogP contribution in [0, 0.1) is 10.1 Å². The van der Waals surface area contributed by atoms with Crippen molar-refractivity contribution in [3.8, 4) is 0 Å². The highest BCUT2D eigenvalue weighted by Crippen LogP contribution is 2.33. The first-order valence-electron chi connectivity index (χ1n) is 9.56. The lowest BCUT2D eigenvalue weighted by atomic mass is 10.2. The number of benzene rings is 2. The van der Waals surface area contributed by atoms with E-state index in [1.165, 1.54) is 18.2 Å². The number of thiazole rings is 1. The van der Waals surface area contributed by atoms with Crippen LogP contribution in [0.2, 0.25) is 5.02 Å². The first-order chi connectivity index (χ1) is 14.5. The number of amides is 1. The van der Waals surface area contributed by atoms with Crippen molar-refractivity contribution in [3.63, 3.8) is 0 Å². The van der Waals surface area contributed by atoms with Crippen molar-refractivity contribution >= 4 is 49.9 Å². The number of nitrogens with zero attached hydrogens (tertiary/aromatic N) is 4. The number of carbonyl (C=O) groups excluding carboxylic acids is 1. The molecule has 3 aromatic rings. The summed E-state index contributed by atoms with van der Waals surface area (Å²) in [6, 6.07) is 11.6. The summed E-state index contributed by atoms with van der Waals surface area (Å²) < 4.78 is 1.09. The molecule has 10 heteroatoms. The fourth-order valence-corrected chi connectivity index (χ4v) is 4.71. The zero-order valence-electron chi connectivity index (χ0n) is 16.1. The van der Waals surface area contributed by atoms with Gasteiger partial charge < -0.3 is 10.2 Å². The van der Waals surface area contributed by atoms with Gasteiger partial charge in [0.05, 0.1) is 14.6 Å². The fraction of sp³-hybridized carbons (Fsp3) is 0.300. The summed E-state index contributed by atoms with van der Waals surface area (Å²) in [4.78, 5) is 31.8. The number of carbonyl (C=O) groups is 1. The summed E-state index contributed by atoms with van der Waals surface area (Å²) in [6.45, 7) is 4.66. The molecule has 1 saturated heterocycles. The molecule has 0 radical (unpaired) electrons. The monoisotopic (exact) mass is 445 g/mol. The van der Waals surface area contributed by atoms with E-state index < -0.39 is 4.92 Å². The van der Waals surface area contributed by atoms with Crippen molar-refractivity contribution in [1.82, 2.24) is 15.2 Å². The lowest BCUT2D eigenvalue weighted by Gasteiger charge is -2.34. The highest BCUT2D eigenvalue weighted by molar-refractivity contribution is 7.22. The number of nitro benzene ring substituents is 1. The number of fused-ring (bicyclic) bond motifs is 1. The largest absolute Gasteiger partial charge is 0.351 e. The SMILES string of the molecule is O=C(NCCN1CCN(c2nc3c(Cl)cccc3s2)CC1)c1cccc([N+](=O)[O-])c1. The van der Waals surface area contributed by atoms with E-state index >= 15 is 0 Å². The van der Waals surface area contributed by atoms with E-state index in [4.69, 9.17) is 11.6 Å². The average Bonchev–Trinajstić information content (AvgIpc) is 3.20. The Morgan fingerprint density at radius 3 is 2.70 bits per heavy atom. The molecule has 0 unspecified atom stereocenters. The molecule has 156 valence electrons. The normalized spacial score (nSPS) is 14.8. The molecule has 4 rings (SSSR count). The molecule has 0 aliphatic carbocycles. The lowest BCUT2D eigenvalue weighted by Crippen LogP contribution is -2.48. The van der Waals surface area contributed by atoms with Gasteiger partial charge in [-0.1, -0.05) is 35.1 Å². The number of nitro groups is 1. The Bertz CT molecular complexity index is 1080. The molecule has 1 N–H and O–H groups in total. The molecule has 1 aliphatic heterocycles. The summed E-state index contributed by atoms with van der Waals surface area (Å²) in [5.41, 5.74) is 1.06. The summed E-state index contributed by atoms with van der Waals surface area (Å²) in [5.74, 6) is -0.302. The van der Waals surface area contributed by atoms with E-state index in [0.717, 1.165) is 48.1 Å². The van der Waals surface area contributed by atoms with Gasteiger partial charge in [0, 0.05) is 57.0 Å². The Morgan fingerprint density at radius 1 is 1.20 bits per heavy atom. The first kappa shape index (κ1) is 20.5. The smallest absolute Gasteiger partial charge is 0.270 e. The maximum absolute atomic E-state index is 12.2. The highest BCUT2D eigenvalue weighted by Gasteiger charge is 2.20. The second-order valence-corrected chi connectivity index (χ2v) is 8.39. The Kier molecular flexibility index (Phi) is 6.12. The standard InChI is InChI=1S/C20H20ClN5O3S/c21-16-5-2-6-17-18(16)23-20(30-17)25-11-9-24(10-12-25)8-7-22-19(27)14-3-1-4-15(13-14)26(28)29/h1-6,13H,7-12H2,(H,22,27). The van der Waals surface area contributed by atoms with Crippen LogP contribution >= 0.6 is 22.9 Å². The van der Waals surface area contributed by atoms with Crippen LogP contribution in [0.15, 0.2) is 42.5 Å². The third kappa shape index (κ3) is 4.53. The van der Waals surface area contributed by atoms with Gasteiger partial charge >= 0.3 is 0 Å². The Balaban J connectivity index is 1.26. The average molecular weight is 446 g/mol. The number of piperazine rings is 1. The molecular weight excluding hydrogens is 426 g/mol. The first-order valence-corrected chi connectivity index (χ1v) is 10.8. The third-order valence-corrected chi connectivity index (χ3v) is 6.42. The van der Waals surface area contributed by atoms with E-state index in [1.54, 1.807) is 17.4 Å². The number of nitrogens with one attached hydrogen (secondary N) is 1. The maximum Gasteiger partial charge on any atom is 0.270 e. The summed E-state index contributed by atoms with van der Waals surface area (Å²) in [6.07, 6.45) is 0. The minimum absolute atomic E-state index is 0.0880. The number of hydrogen-bond donors (Lipinski definition) is 1. The molecule has 1 fully saturated rings. The van der Waals surface area contributed by atoms with Crippen molar-refractivity contribution in [3.05, 3.63) is 63.2 Å². The minimum Gasteiger partial charge on any atom is -0.351 e. The van der Waals surface area contributed by atoms with Gasteiger partial charge in [-0.2, -0.15) is 0 Å². The molecule has 1 aromatic heterocycles. The van der Waals surface area contributed by atoms with Crippen molar-refractivity contribution in [2.45, 2.75) is 0 Å². The zero-order valence-corrected chi connectivity index (χ0v) is 17.7. The van der Waals surface area contributed by atoms with Gasteiger partial charge in [0.15, 0.2) is 5.13 Å². The molecule has 0 bridgehead atoms. The van der Waals surface area contributed by atoms with Gasteiger partial charge in [-0.05, 0) is 18.2 Å². The number of non-ortho nitro benzene ring substituents is 1. The van der Waals surface area contributed by atoms with E-state index in [1.807, 2.05) is 18.2 Å². The summed E-state index contributed by atoms with van der Waals surface area (Å²) in [7, 11) is 0. The highest BCUT2D eigenvalue weighted by atomic mass is 35.5. The molecule has 2 heterocycles. The number of rotatable bonds is 6. The minimum atomic E-state index is -0.504. The Morgan fingerprint density at radius 2 is 1.97 bits per heavy atom. The van der Waals surface area contributed by atoms with Crippen LogP contribution in [0.25, 0.3) is 10.2 Å². The summed E-state index contributed by atoms with van der Waals surface area (Å²) >= 11 is 7.88. The number of halogens is 1. The van der Waals surface area contributed by atoms with Gasteiger partial charge in [-0.15, -0.1) is 0 Å². The number of aromatic nitrogens is 1. The number of anilines is 1. The molecule has 1 aliphatic rings. The van der Waals surface area contributed by atoms with Crippen molar-refractivity contribution < 1.29 is 9.72 Å². The Hall–Kier alpha value is -2.75. The maximum atomic E-state index is 12.2. The van der Waals surface area contributed by atoms with Crippen LogP contribution in [0.1, 0.15) is 10.4 Å². The number of para-hydroxylation sites is 1. The number of hydrogen-bond acceptors (Lipinski definition) is 7. The van der Waals surface area contributed by atoms with E-state index in [-0.39, 0.29) is 11.6 Å². The van der Waals surface area contributed by atoms with Gasteiger partial charge in [0.1, 0.15) is 5.52 Å². The third-order valence-electron chi connectivity index (χ3n) is 5.03. The van der Waals surface area contributed by atoms with Gasteiger partial charge in [-0.3, -0.25) is 19.8 Å². The second-order valence-electron chi connectivity index (χ2n) is 6.98. The van der Waals surface area contributed by atoms with Crippen LogP contribution in [-0.4, -0.2) is 60.0 Å². The fourth-order valence-electron chi connectivity index (χ4n) is 3.39. The van der Waals surface area contributed by atoms with E-state index in [2.05, 4.69) is 20.1 Å². The van der Waals surface area contributed by atoms with Crippen LogP contribution in [0.5, 0.6) is 0 Å². The van der Waals surface area contributed by atoms with Crippen LogP contribution in [-0.2, 0) is 0 Å². The molecule has 0 saturated carbocycles. The van der Waals surface area contributed by atoms with Crippen LogP contribution < -0.4 is 10.2 Å². The summed E-state index contributed by atoms with van der Waals surface area (Å²) in [5, 5.41) is 15.3. The van der Waals surface area contributed by atoms with Crippen molar-refractivity contribution in [2.24, 2.45) is 0 Å². The second kappa shape index (κ2) is 8.95. The lowest BCUT2D eigenvalue weighted by molar-refractivity contribution is -0.384. The predicted octanol–water partition coefficient (Wildman–Crippen LogP) is 3.41. The quantitative estimate of drug-likeness (QED) is 0.461. The molecule has 30 heavy (non-hydrogen) atoms. The van der Waals surface area contributed by atoms with Gasteiger partial charge in [0.2, 0.25) is 0 Å². The Labute approximate surface area is 182 Å². The van der Waals surface area contributed by atoms with Gasteiger partial charge in [-0.25, -0.2) is 4.98 Å². The molecule has 2 aromatic carbocycles. The van der Waals surface area contributed by atoms with Crippen molar-refractivity contribution in [2.75, 3.05) is 44.2 Å². The van der Waals surface area contributed by atoms with Crippen LogP contribution in [0.3, 0.4) is 0 Å². The molecule has 0 atom stereocenters. The van der Waals surface area contributed by atoms with Crippen molar-refractivity contribution in [1.29, 1.82) is 0 Å². The molecule has 8 nitrogen and oxygen atoms in total. The molecule has 1 amide bonds.